The first kappa shape index (κ1) is 32.1. The van der Waals surface area contributed by atoms with Gasteiger partial charge in [-0.15, -0.1) is 0 Å². The van der Waals surface area contributed by atoms with Crippen LogP contribution in [0, 0.1) is 5.92 Å². The van der Waals surface area contributed by atoms with Crippen molar-refractivity contribution < 1.29 is 42.2 Å². The number of rotatable bonds is 14. The van der Waals surface area contributed by atoms with Gasteiger partial charge in [0.2, 0.25) is 11.8 Å². The Labute approximate surface area is 227 Å². The number of hydrogen-bond donors (Lipinski definition) is 3. The molecule has 4 atom stereocenters. The van der Waals surface area contributed by atoms with E-state index >= 15 is 0 Å². The lowest BCUT2D eigenvalue weighted by Crippen LogP contribution is -2.58. The lowest BCUT2D eigenvalue weighted by Gasteiger charge is -2.27. The average Bonchev–Trinajstić information content (AvgIpc) is 3.57. The molecule has 0 bridgehead atoms. The highest BCUT2D eigenvalue weighted by Crippen LogP contribution is 2.29. The number of alkyl halides is 2. The van der Waals surface area contributed by atoms with Crippen LogP contribution >= 0.6 is 0 Å². The third-order valence-electron chi connectivity index (χ3n) is 5.75. The standard InChI is InChI=1S/C27H39F2N3O7/c1-16(2)12-19(32-25(36)39-26(3,4)5)22(34)31-20(14-37-24(28)29)23(35)30-18(21(33)27(6)15-38-27)13-17-10-8-7-9-11-17/h7-11,16,18-20,24H,12-15H2,1-6H3,(H,30,35)(H,31,34)(H,32,36)/t18?,19?,20-,27+/m0/s1. The van der Waals surface area contributed by atoms with Crippen molar-refractivity contribution in [2.24, 2.45) is 5.92 Å². The minimum absolute atomic E-state index is 0.0487. The average molecular weight is 556 g/mol. The highest BCUT2D eigenvalue weighted by molar-refractivity contribution is 5.98. The number of epoxide rings is 1. The highest BCUT2D eigenvalue weighted by atomic mass is 19.3. The van der Waals surface area contributed by atoms with Crippen LogP contribution in [0.2, 0.25) is 0 Å². The molecule has 0 radical (unpaired) electrons. The van der Waals surface area contributed by atoms with E-state index in [1.807, 2.05) is 13.8 Å². The van der Waals surface area contributed by atoms with Gasteiger partial charge in [-0.25, -0.2) is 4.79 Å². The number of carbonyl (C=O) groups is 4. The number of Topliss-reactive ketones (excluding diaryl/α,β-unsaturated/α-hetero) is 1. The summed E-state index contributed by atoms with van der Waals surface area (Å²) in [7, 11) is 0. The van der Waals surface area contributed by atoms with Crippen molar-refractivity contribution in [2.75, 3.05) is 13.2 Å². The van der Waals surface area contributed by atoms with Crippen molar-refractivity contribution in [1.82, 2.24) is 16.0 Å². The molecule has 39 heavy (non-hydrogen) atoms. The summed E-state index contributed by atoms with van der Waals surface area (Å²) in [5, 5.41) is 7.43. The molecule has 0 saturated carbocycles. The molecule has 0 aliphatic carbocycles. The number of ketones is 1. The molecule has 1 heterocycles. The van der Waals surface area contributed by atoms with Gasteiger partial charge >= 0.3 is 12.7 Å². The molecule has 2 rings (SSSR count). The number of benzene rings is 1. The molecule has 0 spiro atoms. The summed E-state index contributed by atoms with van der Waals surface area (Å²) in [6.45, 7) is 6.33. The summed E-state index contributed by atoms with van der Waals surface area (Å²) < 4.78 is 40.6. The Kier molecular flexibility index (Phi) is 11.3. The summed E-state index contributed by atoms with van der Waals surface area (Å²) in [6.07, 6.45) is -0.545. The maximum Gasteiger partial charge on any atom is 0.408 e. The lowest BCUT2D eigenvalue weighted by molar-refractivity contribution is -0.148. The van der Waals surface area contributed by atoms with Gasteiger partial charge < -0.3 is 30.2 Å². The van der Waals surface area contributed by atoms with Crippen molar-refractivity contribution in [3.05, 3.63) is 35.9 Å². The molecule has 1 fully saturated rings. The van der Waals surface area contributed by atoms with Crippen molar-refractivity contribution in [1.29, 1.82) is 0 Å². The quantitative estimate of drug-likeness (QED) is 0.301. The highest BCUT2D eigenvalue weighted by Gasteiger charge is 2.50. The monoisotopic (exact) mass is 555 g/mol. The summed E-state index contributed by atoms with van der Waals surface area (Å²) in [5.41, 5.74) is -1.13. The molecule has 12 heteroatoms. The molecule has 0 aromatic heterocycles. The van der Waals surface area contributed by atoms with Crippen molar-refractivity contribution in [3.63, 3.8) is 0 Å². The Morgan fingerprint density at radius 2 is 1.54 bits per heavy atom. The topological polar surface area (TPSA) is 135 Å². The minimum Gasteiger partial charge on any atom is -0.444 e. The zero-order valence-corrected chi connectivity index (χ0v) is 23.2. The molecule has 2 unspecified atom stereocenters. The Hall–Kier alpha value is -3.12. The van der Waals surface area contributed by atoms with E-state index in [0.29, 0.717) is 0 Å². The summed E-state index contributed by atoms with van der Waals surface area (Å²) >= 11 is 0. The van der Waals surface area contributed by atoms with Crippen molar-refractivity contribution in [3.8, 4) is 0 Å². The van der Waals surface area contributed by atoms with Crippen LogP contribution in [0.25, 0.3) is 0 Å². The van der Waals surface area contributed by atoms with E-state index in [2.05, 4.69) is 20.7 Å². The van der Waals surface area contributed by atoms with E-state index in [-0.39, 0.29) is 31.1 Å². The second kappa shape index (κ2) is 13.8. The first-order valence-corrected chi connectivity index (χ1v) is 12.8. The molecule has 1 aliphatic rings. The van der Waals surface area contributed by atoms with E-state index < -0.39 is 60.5 Å². The number of hydrogen-bond acceptors (Lipinski definition) is 7. The predicted molar refractivity (Wildman–Crippen MR) is 138 cm³/mol. The zero-order chi connectivity index (χ0) is 29.4. The minimum atomic E-state index is -3.20. The largest absolute Gasteiger partial charge is 0.444 e. The van der Waals surface area contributed by atoms with E-state index in [9.17, 15) is 28.0 Å². The molecular formula is C27H39F2N3O7. The molecule has 1 saturated heterocycles. The van der Waals surface area contributed by atoms with Crippen molar-refractivity contribution >= 4 is 23.7 Å². The molecule has 10 nitrogen and oxygen atoms in total. The molecule has 3 amide bonds. The normalized spacial score (nSPS) is 19.1. The van der Waals surface area contributed by atoms with E-state index in [1.54, 1.807) is 58.0 Å². The Morgan fingerprint density at radius 1 is 0.974 bits per heavy atom. The first-order chi connectivity index (χ1) is 18.1. The van der Waals surface area contributed by atoms with Crippen LogP contribution in [0.4, 0.5) is 13.6 Å². The lowest BCUT2D eigenvalue weighted by atomic mass is 9.94. The fourth-order valence-electron chi connectivity index (χ4n) is 3.73. The van der Waals surface area contributed by atoms with E-state index in [4.69, 9.17) is 9.47 Å². The predicted octanol–water partition coefficient (Wildman–Crippen LogP) is 2.74. The Morgan fingerprint density at radius 3 is 2.05 bits per heavy atom. The fraction of sp³-hybridized carbons (Fsp3) is 0.630. The number of amides is 3. The van der Waals surface area contributed by atoms with Gasteiger partial charge in [-0.3, -0.25) is 14.4 Å². The first-order valence-electron chi connectivity index (χ1n) is 12.8. The Balaban J connectivity index is 2.21. The van der Waals surface area contributed by atoms with Crippen molar-refractivity contribution in [2.45, 2.75) is 90.3 Å². The molecule has 3 N–H and O–H groups in total. The third kappa shape index (κ3) is 11.3. The van der Waals surface area contributed by atoms with Crippen LogP contribution < -0.4 is 16.0 Å². The summed E-state index contributed by atoms with van der Waals surface area (Å²) in [4.78, 5) is 51.8. The number of ether oxygens (including phenoxy) is 3. The van der Waals surface area contributed by atoms with Gasteiger partial charge in [0, 0.05) is 0 Å². The summed E-state index contributed by atoms with van der Waals surface area (Å²) in [6, 6.07) is 5.16. The Bertz CT molecular complexity index is 995. The number of nitrogens with one attached hydrogen (secondary N) is 3. The van der Waals surface area contributed by atoms with Crippen LogP contribution in [0.3, 0.4) is 0 Å². The number of halogens is 2. The van der Waals surface area contributed by atoms with Crippen LogP contribution in [-0.2, 0) is 35.0 Å². The van der Waals surface area contributed by atoms with Crippen LogP contribution in [0.1, 0.15) is 53.5 Å². The fourth-order valence-corrected chi connectivity index (χ4v) is 3.73. The molecule has 1 aliphatic heterocycles. The molecule has 1 aromatic rings. The van der Waals surface area contributed by atoms with Crippen LogP contribution in [0.5, 0.6) is 0 Å². The number of carbonyl (C=O) groups excluding carboxylic acids is 4. The van der Waals surface area contributed by atoms with Gasteiger partial charge in [-0.2, -0.15) is 8.78 Å². The van der Waals surface area contributed by atoms with Gasteiger partial charge in [0.05, 0.1) is 19.3 Å². The van der Waals surface area contributed by atoms with Gasteiger partial charge in [-0.05, 0) is 52.0 Å². The zero-order valence-electron chi connectivity index (χ0n) is 23.2. The second-order valence-electron chi connectivity index (χ2n) is 11.1. The number of alkyl carbamates (subject to hydrolysis) is 1. The van der Waals surface area contributed by atoms with Gasteiger partial charge in [0.15, 0.2) is 5.78 Å². The molecular weight excluding hydrogens is 516 g/mol. The van der Waals surface area contributed by atoms with Crippen LogP contribution in [-0.4, -0.2) is 72.8 Å². The van der Waals surface area contributed by atoms with Gasteiger partial charge in [0.25, 0.3) is 0 Å². The molecule has 1 aromatic carbocycles. The maximum atomic E-state index is 13.2. The maximum absolute atomic E-state index is 13.2. The van der Waals surface area contributed by atoms with Gasteiger partial charge in [-0.1, -0.05) is 44.2 Å². The summed E-state index contributed by atoms with van der Waals surface area (Å²) in [5.74, 6) is -2.13. The van der Waals surface area contributed by atoms with Crippen LogP contribution in [0.15, 0.2) is 30.3 Å². The second-order valence-corrected chi connectivity index (χ2v) is 11.1. The molecule has 218 valence electrons. The smallest absolute Gasteiger partial charge is 0.408 e. The van der Waals surface area contributed by atoms with E-state index in [0.717, 1.165) is 5.56 Å². The van der Waals surface area contributed by atoms with Gasteiger partial charge in [0.1, 0.15) is 23.3 Å². The van der Waals surface area contributed by atoms with E-state index in [1.165, 1.54) is 0 Å². The SMILES string of the molecule is CC(C)CC(NC(=O)OC(C)(C)C)C(=O)N[C@@H](COC(F)F)C(=O)NC(Cc1ccccc1)C(=O)[C@@]1(C)CO1. The third-order valence-corrected chi connectivity index (χ3v) is 5.75.